The van der Waals surface area contributed by atoms with Gasteiger partial charge >= 0.3 is 0 Å². The van der Waals surface area contributed by atoms with E-state index in [0.717, 1.165) is 55.7 Å². The monoisotopic (exact) mass is 289 g/mol. The molecule has 2 aromatic heterocycles. The highest BCUT2D eigenvalue weighted by molar-refractivity contribution is 5.83. The van der Waals surface area contributed by atoms with E-state index < -0.39 is 0 Å². The largest absolute Gasteiger partial charge is 0.368 e. The molecule has 0 radical (unpaired) electrons. The summed E-state index contributed by atoms with van der Waals surface area (Å²) >= 11 is 0. The van der Waals surface area contributed by atoms with E-state index in [4.69, 9.17) is 4.98 Å². The zero-order chi connectivity index (χ0) is 14.8. The standard InChI is InChI=1S/C14H23N7/c1-10(2)8-15-12-11-13(17-9-16-11)19-14(18-12)21-6-4-20(3)5-7-21/h9-10H,4-8H2,1-3H3,(H2,15,16,17,18,19). The van der Waals surface area contributed by atoms with Crippen molar-refractivity contribution in [1.82, 2.24) is 24.8 Å². The molecule has 0 aromatic carbocycles. The number of rotatable bonds is 4. The number of hydrogen-bond acceptors (Lipinski definition) is 6. The SMILES string of the molecule is CC(C)CNc1nc(N2CCN(C)CC2)nc2nc[nH]c12. The Balaban J connectivity index is 1.88. The van der Waals surface area contributed by atoms with Gasteiger partial charge in [0.15, 0.2) is 11.5 Å². The molecule has 114 valence electrons. The van der Waals surface area contributed by atoms with Crippen molar-refractivity contribution in [3.8, 4) is 0 Å². The lowest BCUT2D eigenvalue weighted by Gasteiger charge is -2.32. The Morgan fingerprint density at radius 2 is 2.00 bits per heavy atom. The van der Waals surface area contributed by atoms with Crippen molar-refractivity contribution >= 4 is 22.9 Å². The number of aromatic nitrogens is 4. The minimum Gasteiger partial charge on any atom is -0.368 e. The molecular formula is C14H23N7. The van der Waals surface area contributed by atoms with Crippen molar-refractivity contribution in [1.29, 1.82) is 0 Å². The maximum absolute atomic E-state index is 4.71. The number of piperazine rings is 1. The molecule has 1 saturated heterocycles. The van der Waals surface area contributed by atoms with Gasteiger partial charge < -0.3 is 20.1 Å². The van der Waals surface area contributed by atoms with Crippen molar-refractivity contribution in [2.45, 2.75) is 13.8 Å². The number of fused-ring (bicyclic) bond motifs is 1. The van der Waals surface area contributed by atoms with Gasteiger partial charge in [-0.3, -0.25) is 0 Å². The highest BCUT2D eigenvalue weighted by atomic mass is 15.3. The van der Waals surface area contributed by atoms with Crippen LogP contribution in [0.15, 0.2) is 6.33 Å². The number of anilines is 2. The molecule has 1 fully saturated rings. The number of aromatic amines is 1. The van der Waals surface area contributed by atoms with Crippen molar-refractivity contribution in [3.05, 3.63) is 6.33 Å². The van der Waals surface area contributed by atoms with Gasteiger partial charge in [0, 0.05) is 32.7 Å². The van der Waals surface area contributed by atoms with Crippen LogP contribution >= 0.6 is 0 Å². The van der Waals surface area contributed by atoms with Crippen LogP contribution in [0.25, 0.3) is 11.2 Å². The third-order valence-corrected chi connectivity index (χ3v) is 3.74. The van der Waals surface area contributed by atoms with Crippen LogP contribution in [0.2, 0.25) is 0 Å². The first kappa shape index (κ1) is 14.1. The average Bonchev–Trinajstić information content (AvgIpc) is 2.93. The molecule has 2 N–H and O–H groups in total. The molecule has 0 spiro atoms. The van der Waals surface area contributed by atoms with Crippen LogP contribution in [0.3, 0.4) is 0 Å². The minimum absolute atomic E-state index is 0.560. The summed E-state index contributed by atoms with van der Waals surface area (Å²) in [4.78, 5) is 21.3. The molecule has 3 heterocycles. The summed E-state index contributed by atoms with van der Waals surface area (Å²) in [6.07, 6.45) is 1.67. The second-order valence-corrected chi connectivity index (χ2v) is 6.04. The van der Waals surface area contributed by atoms with Gasteiger partial charge in [-0.2, -0.15) is 9.97 Å². The van der Waals surface area contributed by atoms with Crippen LogP contribution in [-0.4, -0.2) is 64.6 Å². The number of nitrogens with one attached hydrogen (secondary N) is 2. The predicted molar refractivity (Wildman–Crippen MR) is 84.7 cm³/mol. The van der Waals surface area contributed by atoms with Gasteiger partial charge in [-0.1, -0.05) is 13.8 Å². The zero-order valence-electron chi connectivity index (χ0n) is 12.9. The molecule has 1 aliphatic heterocycles. The Labute approximate surface area is 124 Å². The quantitative estimate of drug-likeness (QED) is 0.880. The van der Waals surface area contributed by atoms with Gasteiger partial charge in [0.25, 0.3) is 0 Å². The second kappa shape index (κ2) is 5.85. The summed E-state index contributed by atoms with van der Waals surface area (Å²) in [6, 6.07) is 0. The number of imidazole rings is 1. The number of H-pyrrole nitrogens is 1. The molecular weight excluding hydrogens is 266 g/mol. The van der Waals surface area contributed by atoms with Crippen LogP contribution in [0, 0.1) is 5.92 Å². The number of nitrogens with zero attached hydrogens (tertiary/aromatic N) is 5. The third kappa shape index (κ3) is 3.07. The minimum atomic E-state index is 0.560. The Morgan fingerprint density at radius 1 is 1.24 bits per heavy atom. The zero-order valence-corrected chi connectivity index (χ0v) is 12.9. The molecule has 1 aliphatic rings. The summed E-state index contributed by atoms with van der Waals surface area (Å²) in [5, 5.41) is 3.40. The summed E-state index contributed by atoms with van der Waals surface area (Å²) in [5.41, 5.74) is 1.61. The fourth-order valence-corrected chi connectivity index (χ4v) is 2.40. The van der Waals surface area contributed by atoms with Crippen molar-refractivity contribution in [2.24, 2.45) is 5.92 Å². The van der Waals surface area contributed by atoms with Crippen molar-refractivity contribution < 1.29 is 0 Å². The molecule has 0 saturated carbocycles. The lowest BCUT2D eigenvalue weighted by molar-refractivity contribution is 0.311. The van der Waals surface area contributed by atoms with E-state index in [1.165, 1.54) is 0 Å². The molecule has 0 aliphatic carbocycles. The van der Waals surface area contributed by atoms with Crippen LogP contribution in [0.1, 0.15) is 13.8 Å². The third-order valence-electron chi connectivity index (χ3n) is 3.74. The molecule has 2 aromatic rings. The molecule has 7 heteroatoms. The van der Waals surface area contributed by atoms with E-state index in [0.29, 0.717) is 5.92 Å². The van der Waals surface area contributed by atoms with E-state index in [2.05, 4.69) is 51.0 Å². The number of likely N-dealkylation sites (N-methyl/N-ethyl adjacent to an activating group) is 1. The van der Waals surface area contributed by atoms with Gasteiger partial charge in [-0.25, -0.2) is 4.98 Å². The van der Waals surface area contributed by atoms with Crippen LogP contribution in [-0.2, 0) is 0 Å². The summed E-state index contributed by atoms with van der Waals surface area (Å²) in [7, 11) is 2.14. The Hall–Kier alpha value is -1.89. The lowest BCUT2D eigenvalue weighted by Crippen LogP contribution is -2.45. The highest BCUT2D eigenvalue weighted by Crippen LogP contribution is 2.21. The maximum atomic E-state index is 4.71. The van der Waals surface area contributed by atoms with Gasteiger partial charge in [0.1, 0.15) is 5.52 Å². The maximum Gasteiger partial charge on any atom is 0.229 e. The first-order valence-electron chi connectivity index (χ1n) is 7.52. The van der Waals surface area contributed by atoms with E-state index in [-0.39, 0.29) is 0 Å². The smallest absolute Gasteiger partial charge is 0.229 e. The van der Waals surface area contributed by atoms with Gasteiger partial charge in [-0.15, -0.1) is 0 Å². The fourth-order valence-electron chi connectivity index (χ4n) is 2.40. The molecule has 21 heavy (non-hydrogen) atoms. The number of hydrogen-bond donors (Lipinski definition) is 2. The molecule has 0 bridgehead atoms. The lowest BCUT2D eigenvalue weighted by atomic mass is 10.2. The van der Waals surface area contributed by atoms with Gasteiger partial charge in [0.2, 0.25) is 5.95 Å². The molecule has 0 unspecified atom stereocenters. The van der Waals surface area contributed by atoms with E-state index in [1.807, 2.05) is 0 Å². The van der Waals surface area contributed by atoms with Gasteiger partial charge in [-0.05, 0) is 13.0 Å². The van der Waals surface area contributed by atoms with E-state index in [9.17, 15) is 0 Å². The average molecular weight is 289 g/mol. The first-order chi connectivity index (χ1) is 10.1. The first-order valence-corrected chi connectivity index (χ1v) is 7.52. The summed E-state index contributed by atoms with van der Waals surface area (Å²) in [6.45, 7) is 9.23. The molecule has 0 amide bonds. The topological polar surface area (TPSA) is 73.0 Å². The Kier molecular flexibility index (Phi) is 3.92. The van der Waals surface area contributed by atoms with Crippen LogP contribution < -0.4 is 10.2 Å². The molecule has 0 atom stereocenters. The molecule has 7 nitrogen and oxygen atoms in total. The van der Waals surface area contributed by atoms with Crippen LogP contribution in [0.4, 0.5) is 11.8 Å². The van der Waals surface area contributed by atoms with Crippen molar-refractivity contribution in [2.75, 3.05) is 50.0 Å². The van der Waals surface area contributed by atoms with E-state index in [1.54, 1.807) is 6.33 Å². The summed E-state index contributed by atoms with van der Waals surface area (Å²) < 4.78 is 0. The Morgan fingerprint density at radius 3 is 2.71 bits per heavy atom. The van der Waals surface area contributed by atoms with E-state index >= 15 is 0 Å². The second-order valence-electron chi connectivity index (χ2n) is 6.04. The molecule has 3 rings (SSSR count). The predicted octanol–water partition coefficient (Wildman–Crippen LogP) is 1.17. The van der Waals surface area contributed by atoms with Gasteiger partial charge in [0.05, 0.1) is 6.33 Å². The highest BCUT2D eigenvalue weighted by Gasteiger charge is 2.19. The van der Waals surface area contributed by atoms with Crippen molar-refractivity contribution in [3.63, 3.8) is 0 Å². The fraction of sp³-hybridized carbons (Fsp3) is 0.643. The Bertz CT molecular complexity index is 598. The van der Waals surface area contributed by atoms with Crippen LogP contribution in [0.5, 0.6) is 0 Å². The summed E-state index contributed by atoms with van der Waals surface area (Å²) in [5.74, 6) is 2.18. The normalized spacial score (nSPS) is 16.9.